The van der Waals surface area contributed by atoms with Crippen molar-refractivity contribution in [3.8, 4) is 5.75 Å². The van der Waals surface area contributed by atoms with Gasteiger partial charge < -0.3 is 20.3 Å². The Hall–Kier alpha value is -2.57. The van der Waals surface area contributed by atoms with Crippen molar-refractivity contribution in [2.45, 2.75) is 19.3 Å². The van der Waals surface area contributed by atoms with Crippen molar-refractivity contribution < 1.29 is 19.1 Å². The van der Waals surface area contributed by atoms with Crippen molar-refractivity contribution in [3.05, 3.63) is 24.3 Å². The van der Waals surface area contributed by atoms with Crippen molar-refractivity contribution in [1.82, 2.24) is 4.90 Å². The number of ether oxygens (including phenoxy) is 1. The molecule has 2 aliphatic heterocycles. The number of hydrogen-bond acceptors (Lipinski definition) is 4. The lowest BCUT2D eigenvalue weighted by Gasteiger charge is -2.32. The van der Waals surface area contributed by atoms with Gasteiger partial charge in [0, 0.05) is 37.7 Å². The van der Waals surface area contributed by atoms with E-state index in [1.165, 1.54) is 0 Å². The number of methoxy groups -OCH3 is 1. The molecule has 2 heterocycles. The molecular weight excluding hydrogens is 322 g/mol. The van der Waals surface area contributed by atoms with Crippen molar-refractivity contribution in [3.63, 3.8) is 0 Å². The lowest BCUT2D eigenvalue weighted by Crippen LogP contribution is -2.44. The quantitative estimate of drug-likeness (QED) is 0.872. The number of piperidine rings is 1. The van der Waals surface area contributed by atoms with Crippen LogP contribution in [0.1, 0.15) is 19.3 Å². The molecule has 0 aliphatic carbocycles. The molecule has 0 spiro atoms. The Labute approximate surface area is 146 Å². The average Bonchev–Trinajstić information content (AvgIpc) is 3.03. The third kappa shape index (κ3) is 3.60. The van der Waals surface area contributed by atoms with Crippen molar-refractivity contribution in [2.75, 3.05) is 31.6 Å². The maximum atomic E-state index is 12.7. The van der Waals surface area contributed by atoms with Crippen LogP contribution in [0.3, 0.4) is 0 Å². The standard InChI is InChI=1S/C18H23N3O4/c1-25-15-4-2-14(3-5-15)21-11-13(10-16(21)22)18(24)20-8-6-12(7-9-20)17(19)23/h2-5,12-13H,6-11H2,1H3,(H2,19,23)/t13-/m0/s1. The average molecular weight is 345 g/mol. The van der Waals surface area contributed by atoms with Crippen LogP contribution in [0.15, 0.2) is 24.3 Å². The van der Waals surface area contributed by atoms with Gasteiger partial charge in [0.2, 0.25) is 17.7 Å². The highest BCUT2D eigenvalue weighted by Gasteiger charge is 2.38. The van der Waals surface area contributed by atoms with Gasteiger partial charge in [0.05, 0.1) is 13.0 Å². The number of nitrogens with two attached hydrogens (primary N) is 1. The van der Waals surface area contributed by atoms with Gasteiger partial charge in [0.1, 0.15) is 5.75 Å². The zero-order valence-electron chi connectivity index (χ0n) is 14.3. The molecule has 0 saturated carbocycles. The lowest BCUT2D eigenvalue weighted by molar-refractivity contribution is -0.138. The Morgan fingerprint density at radius 3 is 2.32 bits per heavy atom. The molecule has 1 atom stereocenters. The number of carbonyl (C=O) groups is 3. The highest BCUT2D eigenvalue weighted by Crippen LogP contribution is 2.29. The first kappa shape index (κ1) is 17.3. The van der Waals surface area contributed by atoms with Crippen LogP contribution in [0.2, 0.25) is 0 Å². The Kier molecular flexibility index (Phi) is 4.92. The number of carbonyl (C=O) groups excluding carboxylic acids is 3. The summed E-state index contributed by atoms with van der Waals surface area (Å²) in [6.07, 6.45) is 1.43. The van der Waals surface area contributed by atoms with Gasteiger partial charge in [0.15, 0.2) is 0 Å². The molecule has 0 unspecified atom stereocenters. The second-order valence-electron chi connectivity index (χ2n) is 6.61. The van der Waals surface area contributed by atoms with Gasteiger partial charge in [0.25, 0.3) is 0 Å². The van der Waals surface area contributed by atoms with E-state index in [2.05, 4.69) is 0 Å². The van der Waals surface area contributed by atoms with Crippen molar-refractivity contribution >= 4 is 23.4 Å². The summed E-state index contributed by atoms with van der Waals surface area (Å²) < 4.78 is 5.13. The Morgan fingerprint density at radius 2 is 1.76 bits per heavy atom. The van der Waals surface area contributed by atoms with E-state index >= 15 is 0 Å². The summed E-state index contributed by atoms with van der Waals surface area (Å²) in [6.45, 7) is 1.44. The molecule has 7 heteroatoms. The molecule has 0 bridgehead atoms. The Morgan fingerprint density at radius 1 is 1.12 bits per heavy atom. The molecular formula is C18H23N3O4. The largest absolute Gasteiger partial charge is 0.497 e. The third-order valence-electron chi connectivity index (χ3n) is 5.07. The molecule has 1 aromatic rings. The minimum absolute atomic E-state index is 0.00715. The van der Waals surface area contributed by atoms with Gasteiger partial charge >= 0.3 is 0 Å². The van der Waals surface area contributed by atoms with E-state index in [0.717, 1.165) is 11.4 Å². The van der Waals surface area contributed by atoms with Crippen molar-refractivity contribution in [1.29, 1.82) is 0 Å². The number of likely N-dealkylation sites (tertiary alicyclic amines) is 1. The molecule has 0 radical (unpaired) electrons. The molecule has 25 heavy (non-hydrogen) atoms. The van der Waals surface area contributed by atoms with Crippen LogP contribution < -0.4 is 15.4 Å². The highest BCUT2D eigenvalue weighted by atomic mass is 16.5. The number of rotatable bonds is 4. The fourth-order valence-electron chi connectivity index (χ4n) is 3.53. The predicted molar refractivity (Wildman–Crippen MR) is 92.0 cm³/mol. The first-order chi connectivity index (χ1) is 12.0. The van der Waals surface area contributed by atoms with E-state index in [4.69, 9.17) is 10.5 Å². The van der Waals surface area contributed by atoms with Crippen LogP contribution >= 0.6 is 0 Å². The van der Waals surface area contributed by atoms with Gasteiger partial charge in [-0.3, -0.25) is 14.4 Å². The molecule has 7 nitrogen and oxygen atoms in total. The van der Waals surface area contributed by atoms with Gasteiger partial charge in [-0.25, -0.2) is 0 Å². The second kappa shape index (κ2) is 7.13. The van der Waals surface area contributed by atoms with E-state index in [-0.39, 0.29) is 36.0 Å². The fraction of sp³-hybridized carbons (Fsp3) is 0.500. The second-order valence-corrected chi connectivity index (χ2v) is 6.61. The first-order valence-electron chi connectivity index (χ1n) is 8.52. The van der Waals surface area contributed by atoms with Gasteiger partial charge in [-0.2, -0.15) is 0 Å². The number of benzene rings is 1. The number of nitrogens with zero attached hydrogens (tertiary/aromatic N) is 2. The number of amides is 3. The van der Waals surface area contributed by atoms with Crippen LogP contribution in [-0.2, 0) is 14.4 Å². The monoisotopic (exact) mass is 345 g/mol. The molecule has 3 rings (SSSR count). The molecule has 1 aromatic carbocycles. The molecule has 2 N–H and O–H groups in total. The van der Waals surface area contributed by atoms with E-state index in [1.54, 1.807) is 29.0 Å². The summed E-state index contributed by atoms with van der Waals surface area (Å²) >= 11 is 0. The Bertz CT molecular complexity index is 665. The van der Waals surface area contributed by atoms with Crippen LogP contribution in [0.25, 0.3) is 0 Å². The molecule has 134 valence electrons. The zero-order chi connectivity index (χ0) is 18.0. The minimum atomic E-state index is -0.334. The lowest BCUT2D eigenvalue weighted by atomic mass is 9.95. The molecule has 2 saturated heterocycles. The SMILES string of the molecule is COc1ccc(N2C[C@@H](C(=O)N3CCC(C(N)=O)CC3)CC2=O)cc1. The van der Waals surface area contributed by atoms with Crippen LogP contribution in [0.4, 0.5) is 5.69 Å². The first-order valence-corrected chi connectivity index (χ1v) is 8.52. The number of primary amides is 1. The summed E-state index contributed by atoms with van der Waals surface area (Å²) in [5.41, 5.74) is 6.10. The van der Waals surface area contributed by atoms with E-state index in [1.807, 2.05) is 12.1 Å². The van der Waals surface area contributed by atoms with E-state index in [0.29, 0.717) is 32.5 Å². The summed E-state index contributed by atoms with van der Waals surface area (Å²) in [5, 5.41) is 0. The van der Waals surface area contributed by atoms with Gasteiger partial charge in [-0.05, 0) is 37.1 Å². The van der Waals surface area contributed by atoms with Crippen molar-refractivity contribution in [2.24, 2.45) is 17.6 Å². The summed E-state index contributed by atoms with van der Waals surface area (Å²) in [4.78, 5) is 39.7. The highest BCUT2D eigenvalue weighted by molar-refractivity contribution is 6.00. The topological polar surface area (TPSA) is 92.9 Å². The molecule has 2 fully saturated rings. The smallest absolute Gasteiger partial charge is 0.228 e. The molecule has 2 aliphatic rings. The zero-order valence-corrected chi connectivity index (χ0v) is 14.3. The number of hydrogen-bond donors (Lipinski definition) is 1. The normalized spacial score (nSPS) is 21.5. The van der Waals surface area contributed by atoms with E-state index < -0.39 is 0 Å². The van der Waals surface area contributed by atoms with Gasteiger partial charge in [-0.15, -0.1) is 0 Å². The maximum Gasteiger partial charge on any atom is 0.228 e. The van der Waals surface area contributed by atoms with E-state index in [9.17, 15) is 14.4 Å². The van der Waals surface area contributed by atoms with Gasteiger partial charge in [-0.1, -0.05) is 0 Å². The molecule has 3 amide bonds. The maximum absolute atomic E-state index is 12.7. The summed E-state index contributed by atoms with van der Waals surface area (Å²) in [5.74, 6) is -0.109. The summed E-state index contributed by atoms with van der Waals surface area (Å²) in [6, 6.07) is 7.24. The minimum Gasteiger partial charge on any atom is -0.497 e. The Balaban J connectivity index is 1.62. The number of anilines is 1. The fourth-order valence-corrected chi connectivity index (χ4v) is 3.53. The van der Waals surface area contributed by atoms with Crippen LogP contribution in [-0.4, -0.2) is 49.4 Å². The molecule has 0 aromatic heterocycles. The van der Waals surface area contributed by atoms with Crippen LogP contribution in [0.5, 0.6) is 5.75 Å². The van der Waals surface area contributed by atoms with Crippen LogP contribution in [0, 0.1) is 11.8 Å². The summed E-state index contributed by atoms with van der Waals surface area (Å²) in [7, 11) is 1.59. The third-order valence-corrected chi connectivity index (χ3v) is 5.07. The predicted octanol–water partition coefficient (Wildman–Crippen LogP) is 0.772.